The second-order valence-corrected chi connectivity index (χ2v) is 4.93. The molecule has 7 heteroatoms. The van der Waals surface area contributed by atoms with E-state index in [-0.39, 0.29) is 5.84 Å². The molecule has 0 aliphatic carbocycles. The number of rotatable bonds is 3. The second-order valence-electron chi connectivity index (χ2n) is 4.01. The molecule has 0 aliphatic rings. The standard InChI is InChI=1S/C12H12BrFN4O/c1-6-10(11(15)16)12(18(2)17-6)19-9-4-7(13)3-8(14)5-9/h3-5H,1-2H3,(H3,15,16). The fraction of sp³-hybridized carbons (Fsp3) is 0.167. The highest BCUT2D eigenvalue weighted by molar-refractivity contribution is 9.10. The van der Waals surface area contributed by atoms with Crippen molar-refractivity contribution in [2.75, 3.05) is 0 Å². The molecule has 3 N–H and O–H groups in total. The number of nitrogens with zero attached hydrogens (tertiary/aromatic N) is 2. The van der Waals surface area contributed by atoms with Gasteiger partial charge in [0.25, 0.3) is 0 Å². The fourth-order valence-corrected chi connectivity index (χ4v) is 2.21. The molecule has 0 bridgehead atoms. The maximum absolute atomic E-state index is 13.3. The lowest BCUT2D eigenvalue weighted by Crippen LogP contribution is -2.13. The zero-order chi connectivity index (χ0) is 14.2. The predicted octanol–water partition coefficient (Wildman–Crippen LogP) is 2.71. The van der Waals surface area contributed by atoms with E-state index in [2.05, 4.69) is 21.0 Å². The van der Waals surface area contributed by atoms with Crippen LogP contribution in [0.5, 0.6) is 11.6 Å². The summed E-state index contributed by atoms with van der Waals surface area (Å²) in [7, 11) is 1.67. The number of hydrogen-bond donors (Lipinski definition) is 2. The number of nitrogens with two attached hydrogens (primary N) is 1. The van der Waals surface area contributed by atoms with E-state index >= 15 is 0 Å². The Morgan fingerprint density at radius 3 is 2.74 bits per heavy atom. The number of benzene rings is 1. The third-order valence-corrected chi connectivity index (χ3v) is 2.95. The molecule has 0 amide bonds. The van der Waals surface area contributed by atoms with Crippen LogP contribution in [0.1, 0.15) is 11.3 Å². The topological polar surface area (TPSA) is 76.9 Å². The van der Waals surface area contributed by atoms with E-state index in [0.717, 1.165) is 0 Å². The third kappa shape index (κ3) is 2.76. The van der Waals surface area contributed by atoms with E-state index in [4.69, 9.17) is 15.9 Å². The molecule has 0 unspecified atom stereocenters. The maximum atomic E-state index is 13.3. The van der Waals surface area contributed by atoms with Crippen molar-refractivity contribution >= 4 is 21.8 Å². The van der Waals surface area contributed by atoms with Gasteiger partial charge in [-0.1, -0.05) is 15.9 Å². The summed E-state index contributed by atoms with van der Waals surface area (Å²) >= 11 is 3.19. The van der Waals surface area contributed by atoms with Gasteiger partial charge in [-0.05, 0) is 19.1 Å². The Kier molecular flexibility index (Phi) is 3.57. The molecule has 19 heavy (non-hydrogen) atoms. The van der Waals surface area contributed by atoms with Crippen molar-refractivity contribution in [2.45, 2.75) is 6.92 Å². The van der Waals surface area contributed by atoms with Crippen LogP contribution in [0.3, 0.4) is 0 Å². The molecule has 1 heterocycles. The van der Waals surface area contributed by atoms with E-state index in [1.54, 1.807) is 20.0 Å². The van der Waals surface area contributed by atoms with Crippen molar-refractivity contribution in [2.24, 2.45) is 12.8 Å². The summed E-state index contributed by atoms with van der Waals surface area (Å²) in [5.41, 5.74) is 6.50. The molecule has 0 aliphatic heterocycles. The summed E-state index contributed by atoms with van der Waals surface area (Å²) in [6.45, 7) is 1.73. The Balaban J connectivity index is 2.46. The zero-order valence-electron chi connectivity index (χ0n) is 10.4. The van der Waals surface area contributed by atoms with E-state index < -0.39 is 5.82 Å². The molecule has 5 nitrogen and oxygen atoms in total. The molecule has 1 aromatic carbocycles. The molecule has 0 saturated carbocycles. The lowest BCUT2D eigenvalue weighted by molar-refractivity contribution is 0.426. The van der Waals surface area contributed by atoms with Crippen LogP contribution in [0.15, 0.2) is 22.7 Å². The van der Waals surface area contributed by atoms with E-state index in [9.17, 15) is 4.39 Å². The Morgan fingerprint density at radius 1 is 1.47 bits per heavy atom. The van der Waals surface area contributed by atoms with Crippen molar-refractivity contribution < 1.29 is 9.13 Å². The molecule has 2 rings (SSSR count). The van der Waals surface area contributed by atoms with Crippen LogP contribution < -0.4 is 10.5 Å². The Bertz CT molecular complexity index is 633. The third-order valence-electron chi connectivity index (χ3n) is 2.49. The van der Waals surface area contributed by atoms with Crippen molar-refractivity contribution in [3.8, 4) is 11.6 Å². The van der Waals surface area contributed by atoms with Gasteiger partial charge in [-0.2, -0.15) is 5.10 Å². The molecule has 0 atom stereocenters. The van der Waals surface area contributed by atoms with Crippen molar-refractivity contribution in [3.63, 3.8) is 0 Å². The van der Waals surface area contributed by atoms with E-state index in [1.807, 2.05) is 0 Å². The quantitative estimate of drug-likeness (QED) is 0.672. The van der Waals surface area contributed by atoms with E-state index in [0.29, 0.717) is 27.4 Å². The maximum Gasteiger partial charge on any atom is 0.228 e. The number of amidine groups is 1. The first kappa shape index (κ1) is 13.5. The highest BCUT2D eigenvalue weighted by Crippen LogP contribution is 2.29. The molecular formula is C12H12BrFN4O. The number of halogens is 2. The number of aromatic nitrogens is 2. The lowest BCUT2D eigenvalue weighted by atomic mass is 10.2. The van der Waals surface area contributed by atoms with Crippen LogP contribution in [0.4, 0.5) is 4.39 Å². The van der Waals surface area contributed by atoms with Gasteiger partial charge in [0.1, 0.15) is 23.0 Å². The van der Waals surface area contributed by atoms with Gasteiger partial charge < -0.3 is 10.5 Å². The monoisotopic (exact) mass is 326 g/mol. The average Bonchev–Trinajstić information content (AvgIpc) is 2.52. The zero-order valence-corrected chi connectivity index (χ0v) is 12.0. The number of hydrogen-bond acceptors (Lipinski definition) is 3. The molecule has 0 radical (unpaired) electrons. The highest BCUT2D eigenvalue weighted by Gasteiger charge is 2.18. The predicted molar refractivity (Wildman–Crippen MR) is 73.1 cm³/mol. The number of nitrogen functional groups attached to an aromatic ring is 1. The van der Waals surface area contributed by atoms with Gasteiger partial charge in [0.15, 0.2) is 0 Å². The summed E-state index contributed by atoms with van der Waals surface area (Å²) in [4.78, 5) is 0. The van der Waals surface area contributed by atoms with Crippen molar-refractivity contribution in [1.29, 1.82) is 5.41 Å². The Hall–Kier alpha value is -1.89. The molecule has 1 aromatic heterocycles. The SMILES string of the molecule is Cc1nn(C)c(Oc2cc(F)cc(Br)c2)c1C(=N)N. The molecular weight excluding hydrogens is 315 g/mol. The fourth-order valence-electron chi connectivity index (χ4n) is 1.76. The Morgan fingerprint density at radius 2 is 2.16 bits per heavy atom. The molecule has 0 fully saturated rings. The summed E-state index contributed by atoms with van der Waals surface area (Å²) in [5, 5.41) is 11.7. The van der Waals surface area contributed by atoms with Crippen LogP contribution in [0.25, 0.3) is 0 Å². The Labute approximate surface area is 117 Å². The van der Waals surface area contributed by atoms with Crippen LogP contribution in [-0.4, -0.2) is 15.6 Å². The summed E-state index contributed by atoms with van der Waals surface area (Å²) in [6, 6.07) is 4.19. The normalized spacial score (nSPS) is 10.5. The van der Waals surface area contributed by atoms with Crippen LogP contribution in [0.2, 0.25) is 0 Å². The number of ether oxygens (including phenoxy) is 1. The summed E-state index contributed by atoms with van der Waals surface area (Å²) in [6.07, 6.45) is 0. The van der Waals surface area contributed by atoms with E-state index in [1.165, 1.54) is 16.8 Å². The highest BCUT2D eigenvalue weighted by atomic mass is 79.9. The van der Waals surface area contributed by atoms with Crippen molar-refractivity contribution in [3.05, 3.63) is 39.7 Å². The van der Waals surface area contributed by atoms with Crippen LogP contribution in [-0.2, 0) is 7.05 Å². The summed E-state index contributed by atoms with van der Waals surface area (Å²) in [5.74, 6) is 0.0450. The first-order valence-corrected chi connectivity index (χ1v) is 6.19. The van der Waals surface area contributed by atoms with Crippen molar-refractivity contribution in [1.82, 2.24) is 9.78 Å². The summed E-state index contributed by atoms with van der Waals surface area (Å²) < 4.78 is 20.9. The van der Waals surface area contributed by atoms with Gasteiger partial charge in [-0.15, -0.1) is 0 Å². The minimum absolute atomic E-state index is 0.143. The van der Waals surface area contributed by atoms with Gasteiger partial charge in [-0.25, -0.2) is 9.07 Å². The lowest BCUT2D eigenvalue weighted by Gasteiger charge is -2.08. The number of aryl methyl sites for hydroxylation is 2. The minimum Gasteiger partial charge on any atom is -0.438 e. The molecule has 2 aromatic rings. The van der Waals surface area contributed by atoms with Crippen LogP contribution in [0, 0.1) is 18.2 Å². The van der Waals surface area contributed by atoms with Gasteiger partial charge in [-0.3, -0.25) is 5.41 Å². The van der Waals surface area contributed by atoms with Gasteiger partial charge in [0.2, 0.25) is 5.88 Å². The smallest absolute Gasteiger partial charge is 0.228 e. The molecule has 0 spiro atoms. The second kappa shape index (κ2) is 5.00. The minimum atomic E-state index is -0.423. The van der Waals surface area contributed by atoms with Gasteiger partial charge in [0, 0.05) is 17.6 Å². The molecule has 0 saturated heterocycles. The average molecular weight is 327 g/mol. The molecule has 100 valence electrons. The first-order valence-electron chi connectivity index (χ1n) is 5.40. The first-order chi connectivity index (χ1) is 8.88. The van der Waals surface area contributed by atoms with Gasteiger partial charge in [0.05, 0.1) is 5.69 Å². The largest absolute Gasteiger partial charge is 0.438 e. The van der Waals surface area contributed by atoms with Crippen LogP contribution >= 0.6 is 15.9 Å². The number of nitrogens with one attached hydrogen (secondary N) is 1. The van der Waals surface area contributed by atoms with Gasteiger partial charge >= 0.3 is 0 Å².